The predicted octanol–water partition coefficient (Wildman–Crippen LogP) is 1.01. The van der Waals surface area contributed by atoms with E-state index in [1.54, 1.807) is 18.2 Å². The van der Waals surface area contributed by atoms with E-state index in [1.165, 1.54) is 13.4 Å². The second kappa shape index (κ2) is 5.43. The van der Waals surface area contributed by atoms with E-state index in [0.717, 1.165) is 10.9 Å². The molecule has 0 radical (unpaired) electrons. The first-order valence-corrected chi connectivity index (χ1v) is 5.58. The molecule has 0 aliphatic rings. The molecule has 0 spiro atoms. The summed E-state index contributed by atoms with van der Waals surface area (Å²) in [5.74, 6) is -0.409. The van der Waals surface area contributed by atoms with Crippen LogP contribution in [0.1, 0.15) is 5.56 Å². The highest BCUT2D eigenvalue weighted by Crippen LogP contribution is 2.26. The van der Waals surface area contributed by atoms with Crippen LogP contribution in [0.4, 0.5) is 0 Å². The number of carbonyl (C=O) groups excluding carboxylic acids is 2. The zero-order valence-corrected chi connectivity index (χ0v) is 10.3. The molecular formula is C13H13NO5. The van der Waals surface area contributed by atoms with Crippen LogP contribution in [0, 0.1) is 0 Å². The molecule has 0 fully saturated rings. The zero-order chi connectivity index (χ0) is 13.8. The molecule has 2 aromatic rings. The molecule has 1 amide bonds. The third-order valence-corrected chi connectivity index (χ3v) is 2.57. The predicted molar refractivity (Wildman–Crippen MR) is 66.6 cm³/mol. The summed E-state index contributed by atoms with van der Waals surface area (Å²) >= 11 is 0. The number of hydrogen-bond acceptors (Lipinski definition) is 5. The van der Waals surface area contributed by atoms with Gasteiger partial charge in [0, 0.05) is 17.0 Å². The van der Waals surface area contributed by atoms with Crippen LogP contribution in [0.3, 0.4) is 0 Å². The number of nitrogens with two attached hydrogens (primary N) is 1. The van der Waals surface area contributed by atoms with E-state index >= 15 is 0 Å². The second-order valence-corrected chi connectivity index (χ2v) is 3.93. The molecule has 0 aliphatic carbocycles. The van der Waals surface area contributed by atoms with Gasteiger partial charge in [0.05, 0.1) is 19.8 Å². The Balaban J connectivity index is 2.21. The van der Waals surface area contributed by atoms with E-state index in [1.807, 2.05) is 0 Å². The summed E-state index contributed by atoms with van der Waals surface area (Å²) < 4.78 is 15.1. The van der Waals surface area contributed by atoms with Gasteiger partial charge in [-0.25, -0.2) is 0 Å². The van der Waals surface area contributed by atoms with Gasteiger partial charge < -0.3 is 19.6 Å². The number of ether oxygens (including phenoxy) is 2. The number of carbonyl (C=O) groups is 2. The van der Waals surface area contributed by atoms with Crippen LogP contribution >= 0.6 is 0 Å². The number of benzene rings is 1. The monoisotopic (exact) mass is 263 g/mol. The smallest absolute Gasteiger partial charge is 0.310 e. The first-order valence-electron chi connectivity index (χ1n) is 5.58. The summed E-state index contributed by atoms with van der Waals surface area (Å²) in [7, 11) is 1.33. The Morgan fingerprint density at radius 1 is 1.37 bits per heavy atom. The molecule has 0 atom stereocenters. The highest BCUT2D eigenvalue weighted by atomic mass is 16.5. The number of amides is 1. The van der Waals surface area contributed by atoms with Crippen LogP contribution in [-0.2, 0) is 20.7 Å². The fourth-order valence-electron chi connectivity index (χ4n) is 1.67. The molecule has 1 heterocycles. The van der Waals surface area contributed by atoms with Gasteiger partial charge in [-0.15, -0.1) is 0 Å². The molecule has 6 nitrogen and oxygen atoms in total. The van der Waals surface area contributed by atoms with Crippen molar-refractivity contribution in [3.63, 3.8) is 0 Å². The average molecular weight is 263 g/mol. The molecule has 0 bridgehead atoms. The Morgan fingerprint density at radius 2 is 2.16 bits per heavy atom. The maximum Gasteiger partial charge on any atom is 0.310 e. The van der Waals surface area contributed by atoms with E-state index < -0.39 is 5.91 Å². The van der Waals surface area contributed by atoms with Crippen molar-refractivity contribution < 1.29 is 23.5 Å². The van der Waals surface area contributed by atoms with E-state index in [9.17, 15) is 9.59 Å². The Kier molecular flexibility index (Phi) is 3.70. The number of rotatable bonds is 5. The van der Waals surface area contributed by atoms with Crippen molar-refractivity contribution in [3.05, 3.63) is 30.0 Å². The Bertz CT molecular complexity index is 617. The van der Waals surface area contributed by atoms with Crippen LogP contribution in [0.5, 0.6) is 5.75 Å². The molecule has 1 aromatic heterocycles. The number of hydrogen-bond donors (Lipinski definition) is 1. The van der Waals surface area contributed by atoms with Crippen LogP contribution in [0.15, 0.2) is 28.9 Å². The number of methoxy groups -OCH3 is 1. The van der Waals surface area contributed by atoms with Crippen molar-refractivity contribution in [3.8, 4) is 5.75 Å². The van der Waals surface area contributed by atoms with Gasteiger partial charge >= 0.3 is 5.97 Å². The zero-order valence-electron chi connectivity index (χ0n) is 10.3. The quantitative estimate of drug-likeness (QED) is 0.813. The molecule has 0 unspecified atom stereocenters. The normalized spacial score (nSPS) is 10.4. The summed E-state index contributed by atoms with van der Waals surface area (Å²) in [6, 6.07) is 5.08. The maximum absolute atomic E-state index is 11.2. The second-order valence-electron chi connectivity index (χ2n) is 3.93. The lowest BCUT2D eigenvalue weighted by atomic mass is 10.1. The SMILES string of the molecule is COC(=O)Cc1coc2cc(OCC(N)=O)ccc12. The minimum absolute atomic E-state index is 0.144. The largest absolute Gasteiger partial charge is 0.484 e. The van der Waals surface area contributed by atoms with Gasteiger partial charge in [0.1, 0.15) is 11.3 Å². The summed E-state index contributed by atoms with van der Waals surface area (Å²) in [6.07, 6.45) is 1.64. The lowest BCUT2D eigenvalue weighted by molar-refractivity contribution is -0.139. The standard InChI is InChI=1S/C13H13NO5/c1-17-13(16)4-8-6-19-11-5-9(2-3-10(8)11)18-7-12(14)15/h2-3,5-6H,4,7H2,1H3,(H2,14,15). The summed E-state index contributed by atoms with van der Waals surface area (Å²) in [5.41, 5.74) is 6.30. The molecule has 1 aromatic carbocycles. The van der Waals surface area contributed by atoms with E-state index in [0.29, 0.717) is 11.3 Å². The van der Waals surface area contributed by atoms with Crippen molar-refractivity contribution in [2.75, 3.05) is 13.7 Å². The molecule has 6 heteroatoms. The van der Waals surface area contributed by atoms with E-state index in [-0.39, 0.29) is 19.0 Å². The lowest BCUT2D eigenvalue weighted by Gasteiger charge is -2.03. The van der Waals surface area contributed by atoms with Crippen molar-refractivity contribution >= 4 is 22.8 Å². The third kappa shape index (κ3) is 3.04. The van der Waals surface area contributed by atoms with Gasteiger partial charge in [-0.2, -0.15) is 0 Å². The van der Waals surface area contributed by atoms with Crippen molar-refractivity contribution in [1.29, 1.82) is 0 Å². The van der Waals surface area contributed by atoms with Crippen molar-refractivity contribution in [1.82, 2.24) is 0 Å². The van der Waals surface area contributed by atoms with E-state index in [2.05, 4.69) is 4.74 Å². The number of furan rings is 1. The molecule has 0 aliphatic heterocycles. The lowest BCUT2D eigenvalue weighted by Crippen LogP contribution is -2.19. The van der Waals surface area contributed by atoms with Gasteiger partial charge in [0.25, 0.3) is 5.91 Å². The Hall–Kier alpha value is -2.50. The van der Waals surface area contributed by atoms with Gasteiger partial charge in [-0.3, -0.25) is 9.59 Å². The van der Waals surface area contributed by atoms with E-state index in [4.69, 9.17) is 14.9 Å². The molecule has 0 saturated heterocycles. The molecular weight excluding hydrogens is 250 g/mol. The third-order valence-electron chi connectivity index (χ3n) is 2.57. The Morgan fingerprint density at radius 3 is 2.84 bits per heavy atom. The first-order chi connectivity index (χ1) is 9.10. The topological polar surface area (TPSA) is 91.8 Å². The number of primary amides is 1. The molecule has 2 rings (SSSR count). The number of esters is 1. The van der Waals surface area contributed by atoms with Crippen LogP contribution in [0.2, 0.25) is 0 Å². The van der Waals surface area contributed by atoms with Gasteiger partial charge in [-0.05, 0) is 12.1 Å². The molecule has 19 heavy (non-hydrogen) atoms. The van der Waals surface area contributed by atoms with Crippen molar-refractivity contribution in [2.45, 2.75) is 6.42 Å². The summed E-state index contributed by atoms with van der Waals surface area (Å²) in [4.78, 5) is 21.8. The molecule has 100 valence electrons. The highest BCUT2D eigenvalue weighted by molar-refractivity contribution is 5.86. The van der Waals surface area contributed by atoms with Gasteiger partial charge in [-0.1, -0.05) is 0 Å². The summed E-state index contributed by atoms with van der Waals surface area (Å²) in [5, 5.41) is 0.803. The number of fused-ring (bicyclic) bond motifs is 1. The van der Waals surface area contributed by atoms with Crippen LogP contribution in [0.25, 0.3) is 11.0 Å². The fraction of sp³-hybridized carbons (Fsp3) is 0.231. The molecule has 2 N–H and O–H groups in total. The van der Waals surface area contributed by atoms with Crippen LogP contribution in [-0.4, -0.2) is 25.6 Å². The average Bonchev–Trinajstić information content (AvgIpc) is 2.78. The van der Waals surface area contributed by atoms with Gasteiger partial charge in [0.2, 0.25) is 0 Å². The Labute approximate surface area is 109 Å². The van der Waals surface area contributed by atoms with Crippen molar-refractivity contribution in [2.24, 2.45) is 5.73 Å². The van der Waals surface area contributed by atoms with Gasteiger partial charge in [0.15, 0.2) is 6.61 Å². The van der Waals surface area contributed by atoms with Crippen LogP contribution < -0.4 is 10.5 Å². The molecule has 0 saturated carbocycles. The minimum Gasteiger partial charge on any atom is -0.484 e. The first kappa shape index (κ1) is 12.9. The maximum atomic E-state index is 11.2. The minimum atomic E-state index is -0.550. The summed E-state index contributed by atoms with van der Waals surface area (Å²) in [6.45, 7) is -0.193. The highest BCUT2D eigenvalue weighted by Gasteiger charge is 2.11. The fourth-order valence-corrected chi connectivity index (χ4v) is 1.67.